The Hall–Kier alpha value is -2.09. The smallest absolute Gasteiger partial charge is 0.374 e. The molecule has 1 heterocycles. The van der Waals surface area contributed by atoms with E-state index in [2.05, 4.69) is 4.98 Å². The van der Waals surface area contributed by atoms with Crippen LogP contribution in [0.4, 0.5) is 26.3 Å². The van der Waals surface area contributed by atoms with E-state index in [-0.39, 0.29) is 0 Å². The van der Waals surface area contributed by atoms with E-state index in [4.69, 9.17) is 0 Å². The first kappa shape index (κ1) is 16.3. The number of alkyl halides is 5. The molecule has 118 valence electrons. The van der Waals surface area contributed by atoms with Crippen molar-refractivity contribution < 1.29 is 31.4 Å². The van der Waals surface area contributed by atoms with E-state index < -0.39 is 34.6 Å². The van der Waals surface area contributed by atoms with Crippen LogP contribution in [0, 0.1) is 5.82 Å². The lowest BCUT2D eigenvalue weighted by Gasteiger charge is -2.37. The Kier molecular flexibility index (Phi) is 3.90. The van der Waals surface area contributed by atoms with Crippen LogP contribution in [0.2, 0.25) is 0 Å². The van der Waals surface area contributed by atoms with Crippen molar-refractivity contribution in [2.24, 2.45) is 0 Å². The molecule has 1 unspecified atom stereocenters. The number of benzene rings is 1. The maximum absolute atomic E-state index is 14.0. The van der Waals surface area contributed by atoms with Crippen LogP contribution >= 0.6 is 0 Å². The van der Waals surface area contributed by atoms with Gasteiger partial charge in [0.05, 0.1) is 0 Å². The molecule has 8 heteroatoms. The third kappa shape index (κ3) is 2.33. The van der Waals surface area contributed by atoms with E-state index >= 15 is 0 Å². The maximum atomic E-state index is 14.0. The van der Waals surface area contributed by atoms with Crippen molar-refractivity contribution in [3.63, 3.8) is 0 Å². The Balaban J connectivity index is 2.80. The Morgan fingerprint density at radius 1 is 0.864 bits per heavy atom. The molecule has 0 aliphatic rings. The highest BCUT2D eigenvalue weighted by Crippen LogP contribution is 2.52. The van der Waals surface area contributed by atoms with Crippen LogP contribution in [0.5, 0.6) is 0 Å². The minimum atomic E-state index is -6.09. The number of nitrogens with zero attached hydrogens (tertiary/aromatic N) is 1. The van der Waals surface area contributed by atoms with Crippen LogP contribution < -0.4 is 0 Å². The molecule has 0 saturated carbocycles. The first-order valence-electron chi connectivity index (χ1n) is 5.95. The molecule has 22 heavy (non-hydrogen) atoms. The highest BCUT2D eigenvalue weighted by atomic mass is 19.4. The van der Waals surface area contributed by atoms with Gasteiger partial charge < -0.3 is 5.11 Å². The lowest BCUT2D eigenvalue weighted by Crippen LogP contribution is -2.56. The zero-order valence-corrected chi connectivity index (χ0v) is 10.8. The first-order valence-corrected chi connectivity index (χ1v) is 5.95. The standard InChI is InChI=1S/C14H9F6NO/c15-11-4-2-1-3-10(11)12(22,9-5-7-21-8-6-9)13(16,17)14(18,19)20/h1-8,22H. The maximum Gasteiger partial charge on any atom is 0.457 e. The van der Waals surface area contributed by atoms with Crippen LogP contribution in [-0.2, 0) is 5.60 Å². The van der Waals surface area contributed by atoms with Gasteiger partial charge in [-0.05, 0) is 23.8 Å². The fourth-order valence-electron chi connectivity index (χ4n) is 2.06. The molecule has 1 atom stereocenters. The van der Waals surface area contributed by atoms with Gasteiger partial charge in [0.15, 0.2) is 5.60 Å². The first-order chi connectivity index (χ1) is 10.1. The number of hydrogen-bond acceptors (Lipinski definition) is 2. The van der Waals surface area contributed by atoms with Gasteiger partial charge >= 0.3 is 12.1 Å². The number of rotatable bonds is 3. The molecule has 1 N–H and O–H groups in total. The average Bonchev–Trinajstić information content (AvgIpc) is 2.46. The van der Waals surface area contributed by atoms with Gasteiger partial charge in [-0.1, -0.05) is 18.2 Å². The predicted octanol–water partition coefficient (Wildman–Crippen LogP) is 3.65. The number of halogens is 6. The molecular formula is C14H9F6NO. The summed E-state index contributed by atoms with van der Waals surface area (Å²) in [4.78, 5) is 3.49. The normalized spacial score (nSPS) is 15.4. The van der Waals surface area contributed by atoms with E-state index in [1.165, 1.54) is 0 Å². The topological polar surface area (TPSA) is 33.1 Å². The summed E-state index contributed by atoms with van der Waals surface area (Å²) in [6.07, 6.45) is -4.24. The molecule has 0 spiro atoms. The molecule has 0 amide bonds. The molecule has 0 radical (unpaired) electrons. The number of aromatic nitrogens is 1. The van der Waals surface area contributed by atoms with Gasteiger partial charge in [-0.2, -0.15) is 22.0 Å². The van der Waals surface area contributed by atoms with E-state index in [1.54, 1.807) is 0 Å². The van der Waals surface area contributed by atoms with E-state index in [0.29, 0.717) is 12.1 Å². The van der Waals surface area contributed by atoms with Crippen molar-refractivity contribution in [2.75, 3.05) is 0 Å². The van der Waals surface area contributed by atoms with Crippen LogP contribution in [0.25, 0.3) is 0 Å². The van der Waals surface area contributed by atoms with E-state index in [9.17, 15) is 31.4 Å². The number of aliphatic hydroxyl groups is 1. The van der Waals surface area contributed by atoms with Gasteiger partial charge in [-0.25, -0.2) is 4.39 Å². The van der Waals surface area contributed by atoms with Crippen LogP contribution in [-0.4, -0.2) is 22.2 Å². The fraction of sp³-hybridized carbons (Fsp3) is 0.214. The molecule has 0 fully saturated rings. The average molecular weight is 321 g/mol. The summed E-state index contributed by atoms with van der Waals surface area (Å²) < 4.78 is 80.1. The second kappa shape index (κ2) is 5.28. The van der Waals surface area contributed by atoms with Crippen molar-refractivity contribution in [3.8, 4) is 0 Å². The monoisotopic (exact) mass is 321 g/mol. The molecule has 2 aromatic rings. The Morgan fingerprint density at radius 2 is 1.41 bits per heavy atom. The molecule has 0 saturated heterocycles. The fourth-order valence-corrected chi connectivity index (χ4v) is 2.06. The summed E-state index contributed by atoms with van der Waals surface area (Å²) in [5.41, 5.74) is -5.92. The molecule has 0 bridgehead atoms. The zero-order valence-electron chi connectivity index (χ0n) is 10.8. The van der Waals surface area contributed by atoms with Crippen molar-refractivity contribution in [1.82, 2.24) is 4.98 Å². The summed E-state index contributed by atoms with van der Waals surface area (Å²) in [6.45, 7) is 0. The summed E-state index contributed by atoms with van der Waals surface area (Å²) >= 11 is 0. The molecule has 0 aliphatic heterocycles. The lowest BCUT2D eigenvalue weighted by molar-refractivity contribution is -0.337. The Morgan fingerprint density at radius 3 is 1.91 bits per heavy atom. The van der Waals surface area contributed by atoms with Crippen LogP contribution in [0.1, 0.15) is 11.1 Å². The van der Waals surface area contributed by atoms with Crippen molar-refractivity contribution >= 4 is 0 Å². The van der Waals surface area contributed by atoms with Crippen LogP contribution in [0.3, 0.4) is 0 Å². The Bertz CT molecular complexity index is 658. The van der Waals surface area contributed by atoms with E-state index in [0.717, 1.165) is 36.7 Å². The van der Waals surface area contributed by atoms with Gasteiger partial charge in [0, 0.05) is 18.0 Å². The molecular weight excluding hydrogens is 312 g/mol. The summed E-state index contributed by atoms with van der Waals surface area (Å²) in [5, 5.41) is 10.3. The largest absolute Gasteiger partial charge is 0.457 e. The highest BCUT2D eigenvalue weighted by molar-refractivity contribution is 5.39. The second-order valence-corrected chi connectivity index (χ2v) is 4.50. The van der Waals surface area contributed by atoms with Crippen molar-refractivity contribution in [2.45, 2.75) is 17.7 Å². The van der Waals surface area contributed by atoms with E-state index in [1.807, 2.05) is 0 Å². The molecule has 1 aromatic heterocycles. The molecule has 1 aromatic carbocycles. The summed E-state index contributed by atoms with van der Waals surface area (Å²) in [5.74, 6) is -7.01. The van der Waals surface area contributed by atoms with Gasteiger partial charge in [0.25, 0.3) is 0 Å². The SMILES string of the molecule is OC(c1ccncc1)(c1ccccc1F)C(F)(F)C(F)(F)F. The third-order valence-electron chi connectivity index (χ3n) is 3.17. The minimum absolute atomic E-state index is 0.676. The summed E-state index contributed by atoms with van der Waals surface area (Å²) in [6, 6.07) is 5.07. The third-order valence-corrected chi connectivity index (χ3v) is 3.17. The summed E-state index contributed by atoms with van der Waals surface area (Å²) in [7, 11) is 0. The zero-order chi connectivity index (χ0) is 16.6. The second-order valence-electron chi connectivity index (χ2n) is 4.50. The Labute approximate surface area is 121 Å². The van der Waals surface area contributed by atoms with Gasteiger partial charge in [0.1, 0.15) is 5.82 Å². The lowest BCUT2D eigenvalue weighted by atomic mass is 9.80. The molecule has 0 aliphatic carbocycles. The molecule has 2 nitrogen and oxygen atoms in total. The van der Waals surface area contributed by atoms with Crippen LogP contribution in [0.15, 0.2) is 48.8 Å². The number of pyridine rings is 1. The minimum Gasteiger partial charge on any atom is -0.374 e. The van der Waals surface area contributed by atoms with Gasteiger partial charge in [-0.3, -0.25) is 4.98 Å². The quantitative estimate of drug-likeness (QED) is 0.875. The predicted molar refractivity (Wildman–Crippen MR) is 64.6 cm³/mol. The molecule has 2 rings (SSSR count). The van der Waals surface area contributed by atoms with Crippen molar-refractivity contribution in [1.29, 1.82) is 0 Å². The van der Waals surface area contributed by atoms with Gasteiger partial charge in [0.2, 0.25) is 0 Å². The highest BCUT2D eigenvalue weighted by Gasteiger charge is 2.71. The number of hydrogen-bond donors (Lipinski definition) is 1. The van der Waals surface area contributed by atoms with Crippen molar-refractivity contribution in [3.05, 3.63) is 65.7 Å². The van der Waals surface area contributed by atoms with Gasteiger partial charge in [-0.15, -0.1) is 0 Å².